The molecule has 0 unspecified atom stereocenters. The average molecular weight is 352 g/mol. The zero-order valence-corrected chi connectivity index (χ0v) is 14.6. The van der Waals surface area contributed by atoms with E-state index in [1.807, 2.05) is 12.4 Å². The highest BCUT2D eigenvalue weighted by Crippen LogP contribution is 2.43. The lowest BCUT2D eigenvalue weighted by molar-refractivity contribution is -0.134. The molecule has 2 heterocycles. The Morgan fingerprint density at radius 1 is 1.52 bits per heavy atom. The number of thiazole rings is 1. The van der Waals surface area contributed by atoms with Crippen molar-refractivity contribution in [3.8, 4) is 0 Å². The Morgan fingerprint density at radius 2 is 2.33 bits per heavy atom. The summed E-state index contributed by atoms with van der Waals surface area (Å²) in [6.07, 6.45) is 4.69. The number of fused-ring (bicyclic) bond motifs is 1. The van der Waals surface area contributed by atoms with Gasteiger partial charge in [-0.3, -0.25) is 4.79 Å². The van der Waals surface area contributed by atoms with Gasteiger partial charge in [0.1, 0.15) is 0 Å². The lowest BCUT2D eigenvalue weighted by Gasteiger charge is -2.37. The monoisotopic (exact) mass is 351 g/mol. The fraction of sp³-hybridized carbons (Fsp3) is 0.714. The average Bonchev–Trinajstić information content (AvgIpc) is 3.02. The van der Waals surface area contributed by atoms with Crippen molar-refractivity contribution in [3.05, 3.63) is 16.1 Å². The normalized spacial score (nSPS) is 27.2. The van der Waals surface area contributed by atoms with Gasteiger partial charge in [0, 0.05) is 11.4 Å². The minimum absolute atomic E-state index is 0. The Balaban J connectivity index is 0.00000110. The maximum Gasteiger partial charge on any atom is 0.228 e. The molecular weight excluding hydrogens is 329 g/mol. The quantitative estimate of drug-likeness (QED) is 0.880. The van der Waals surface area contributed by atoms with Crippen molar-refractivity contribution in [3.63, 3.8) is 0 Å². The number of carbonyl (C=O) groups is 1. The van der Waals surface area contributed by atoms with E-state index in [1.165, 1.54) is 24.1 Å². The van der Waals surface area contributed by atoms with Crippen LogP contribution in [-0.4, -0.2) is 24.0 Å². The van der Waals surface area contributed by atoms with Gasteiger partial charge >= 0.3 is 0 Å². The van der Waals surface area contributed by atoms with Crippen LogP contribution < -0.4 is 10.6 Å². The van der Waals surface area contributed by atoms with Gasteiger partial charge < -0.3 is 10.6 Å². The van der Waals surface area contributed by atoms with Crippen molar-refractivity contribution in [2.45, 2.75) is 39.2 Å². The van der Waals surface area contributed by atoms with Gasteiger partial charge in [-0.25, -0.2) is 4.98 Å². The second kappa shape index (κ2) is 7.77. The van der Waals surface area contributed by atoms with Crippen molar-refractivity contribution in [2.75, 3.05) is 13.1 Å². The van der Waals surface area contributed by atoms with Crippen LogP contribution in [-0.2, 0) is 11.3 Å². The molecule has 3 rings (SSSR count). The van der Waals surface area contributed by atoms with E-state index < -0.39 is 0 Å². The SMILES string of the molecule is Cc1ncsc1CNC(=O)[C@@]12CCCC[C@H]1CNC2.Cl.Cl. The molecule has 2 fully saturated rings. The van der Waals surface area contributed by atoms with Crippen LogP contribution in [0.15, 0.2) is 5.51 Å². The highest BCUT2D eigenvalue weighted by Gasteiger charge is 2.49. The number of aromatic nitrogens is 1. The van der Waals surface area contributed by atoms with Crippen LogP contribution in [0.3, 0.4) is 0 Å². The van der Waals surface area contributed by atoms with E-state index >= 15 is 0 Å². The summed E-state index contributed by atoms with van der Waals surface area (Å²) in [4.78, 5) is 18.0. The van der Waals surface area contributed by atoms with Crippen LogP contribution in [0.2, 0.25) is 0 Å². The van der Waals surface area contributed by atoms with Crippen LogP contribution in [0, 0.1) is 18.3 Å². The van der Waals surface area contributed by atoms with E-state index in [4.69, 9.17) is 0 Å². The molecule has 1 aliphatic heterocycles. The molecule has 0 aromatic carbocycles. The molecule has 1 saturated heterocycles. The number of aryl methyl sites for hydroxylation is 1. The highest BCUT2D eigenvalue weighted by atomic mass is 35.5. The van der Waals surface area contributed by atoms with Gasteiger partial charge in [-0.1, -0.05) is 12.8 Å². The Morgan fingerprint density at radius 3 is 3.05 bits per heavy atom. The third-order valence-corrected chi connectivity index (χ3v) is 5.68. The molecule has 1 aromatic heterocycles. The number of nitrogens with one attached hydrogen (secondary N) is 2. The summed E-state index contributed by atoms with van der Waals surface area (Å²) in [5.41, 5.74) is 2.74. The topological polar surface area (TPSA) is 54.0 Å². The first-order valence-corrected chi connectivity index (χ1v) is 7.98. The molecule has 21 heavy (non-hydrogen) atoms. The standard InChI is InChI=1S/C14H21N3OS.2ClH/c1-10-12(19-9-17-10)7-16-13(18)14-5-3-2-4-11(14)6-15-8-14;;/h9,11,15H,2-8H2,1H3,(H,16,18);2*1H/t11-,14+;;/m0../s1. The molecule has 120 valence electrons. The molecule has 1 amide bonds. The minimum Gasteiger partial charge on any atom is -0.351 e. The number of rotatable bonds is 3. The molecule has 1 saturated carbocycles. The van der Waals surface area contributed by atoms with Crippen LogP contribution in [0.25, 0.3) is 0 Å². The second-order valence-corrected chi connectivity index (χ2v) is 6.71. The molecule has 1 aliphatic carbocycles. The zero-order chi connectivity index (χ0) is 13.3. The van der Waals surface area contributed by atoms with Crippen molar-refractivity contribution in [1.29, 1.82) is 0 Å². The molecule has 0 spiro atoms. The van der Waals surface area contributed by atoms with E-state index in [9.17, 15) is 4.79 Å². The number of carbonyl (C=O) groups excluding carboxylic acids is 1. The summed E-state index contributed by atoms with van der Waals surface area (Å²) >= 11 is 1.62. The molecule has 4 nitrogen and oxygen atoms in total. The number of amides is 1. The fourth-order valence-electron chi connectivity index (χ4n) is 3.52. The van der Waals surface area contributed by atoms with E-state index in [2.05, 4.69) is 15.6 Å². The van der Waals surface area contributed by atoms with Crippen LogP contribution in [0.4, 0.5) is 0 Å². The van der Waals surface area contributed by atoms with Crippen LogP contribution in [0.1, 0.15) is 36.3 Å². The summed E-state index contributed by atoms with van der Waals surface area (Å²) < 4.78 is 0. The summed E-state index contributed by atoms with van der Waals surface area (Å²) in [6.45, 7) is 4.48. The van der Waals surface area contributed by atoms with E-state index in [-0.39, 0.29) is 36.1 Å². The number of hydrogen-bond acceptors (Lipinski definition) is 4. The minimum atomic E-state index is -0.142. The van der Waals surface area contributed by atoms with Gasteiger partial charge in [-0.2, -0.15) is 0 Å². The second-order valence-electron chi connectivity index (χ2n) is 5.77. The summed E-state index contributed by atoms with van der Waals surface area (Å²) in [6, 6.07) is 0. The number of hydrogen-bond donors (Lipinski definition) is 2. The van der Waals surface area contributed by atoms with E-state index in [0.29, 0.717) is 12.5 Å². The maximum atomic E-state index is 12.6. The molecule has 2 N–H and O–H groups in total. The van der Waals surface area contributed by atoms with Gasteiger partial charge in [0.2, 0.25) is 5.91 Å². The first kappa shape index (κ1) is 18.7. The molecule has 0 radical (unpaired) electrons. The molecule has 7 heteroatoms. The van der Waals surface area contributed by atoms with Gasteiger partial charge in [0.05, 0.1) is 23.2 Å². The third-order valence-electron chi connectivity index (χ3n) is 4.74. The molecule has 2 aliphatic rings. The summed E-state index contributed by atoms with van der Waals surface area (Å²) in [5.74, 6) is 0.777. The largest absolute Gasteiger partial charge is 0.351 e. The molecule has 1 aromatic rings. The van der Waals surface area contributed by atoms with E-state index in [1.54, 1.807) is 11.3 Å². The smallest absolute Gasteiger partial charge is 0.228 e. The lowest BCUT2D eigenvalue weighted by Crippen LogP contribution is -2.47. The fourth-order valence-corrected chi connectivity index (χ4v) is 4.24. The first-order chi connectivity index (χ1) is 9.22. The highest BCUT2D eigenvalue weighted by molar-refractivity contribution is 7.09. The number of halogens is 2. The van der Waals surface area contributed by atoms with Crippen molar-refractivity contribution >= 4 is 42.1 Å². The van der Waals surface area contributed by atoms with Crippen LogP contribution >= 0.6 is 36.2 Å². The predicted molar refractivity (Wildman–Crippen MR) is 90.5 cm³/mol. The van der Waals surface area contributed by atoms with Crippen molar-refractivity contribution in [2.24, 2.45) is 11.3 Å². The third kappa shape index (κ3) is 3.52. The Hall–Kier alpha value is -0.360. The Labute approximate surface area is 142 Å². The lowest BCUT2D eigenvalue weighted by atomic mass is 9.67. The Bertz CT molecular complexity index is 483. The van der Waals surface area contributed by atoms with E-state index in [0.717, 1.165) is 25.2 Å². The van der Waals surface area contributed by atoms with Crippen molar-refractivity contribution in [1.82, 2.24) is 15.6 Å². The van der Waals surface area contributed by atoms with Gasteiger partial charge in [-0.15, -0.1) is 36.2 Å². The maximum absolute atomic E-state index is 12.6. The molecule has 2 atom stereocenters. The number of nitrogens with zero attached hydrogens (tertiary/aromatic N) is 1. The molecule has 0 bridgehead atoms. The van der Waals surface area contributed by atoms with Crippen LogP contribution in [0.5, 0.6) is 0 Å². The van der Waals surface area contributed by atoms with Gasteiger partial charge in [0.25, 0.3) is 0 Å². The zero-order valence-electron chi connectivity index (χ0n) is 12.2. The van der Waals surface area contributed by atoms with Gasteiger partial charge in [0.15, 0.2) is 0 Å². The predicted octanol–water partition coefficient (Wildman–Crippen LogP) is 2.69. The molecular formula is C14H23Cl2N3OS. The summed E-state index contributed by atoms with van der Waals surface area (Å²) in [7, 11) is 0. The van der Waals surface area contributed by atoms with Crippen molar-refractivity contribution < 1.29 is 4.79 Å². The van der Waals surface area contributed by atoms with Gasteiger partial charge in [-0.05, 0) is 32.2 Å². The Kier molecular flexibility index (Phi) is 6.91. The summed E-state index contributed by atoms with van der Waals surface area (Å²) in [5, 5.41) is 6.57. The first-order valence-electron chi connectivity index (χ1n) is 7.10.